The number of benzene rings is 2. The third kappa shape index (κ3) is 4.79. The summed E-state index contributed by atoms with van der Waals surface area (Å²) in [6.45, 7) is 3.74. The molecule has 0 aliphatic carbocycles. The molecule has 2 rings (SSSR count). The second kappa shape index (κ2) is 8.61. The molecule has 0 heterocycles. The van der Waals surface area contributed by atoms with Crippen molar-refractivity contribution in [3.05, 3.63) is 64.2 Å². The van der Waals surface area contributed by atoms with Crippen LogP contribution in [-0.2, 0) is 9.53 Å². The van der Waals surface area contributed by atoms with Crippen LogP contribution in [0.1, 0.15) is 24.2 Å². The zero-order valence-electron chi connectivity index (χ0n) is 14.3. The Balaban J connectivity index is 2.00. The first kappa shape index (κ1) is 18.9. The first-order valence-electron chi connectivity index (χ1n) is 7.90. The van der Waals surface area contributed by atoms with E-state index < -0.39 is 22.9 Å². The van der Waals surface area contributed by atoms with E-state index in [-0.39, 0.29) is 16.9 Å². The molecular formula is C18H18N2O6. The molecule has 0 radical (unpaired) electrons. The SMILES string of the molecule is CCOc1ccc(C(=O)O[C@H](C)C(=O)Nc2ccccc2[N+](=O)[O-])cc1. The summed E-state index contributed by atoms with van der Waals surface area (Å²) in [4.78, 5) is 34.6. The fourth-order valence-corrected chi connectivity index (χ4v) is 2.11. The van der Waals surface area contributed by atoms with Gasteiger partial charge in [-0.3, -0.25) is 14.9 Å². The van der Waals surface area contributed by atoms with Crippen LogP contribution in [0.3, 0.4) is 0 Å². The first-order valence-corrected chi connectivity index (χ1v) is 7.90. The zero-order chi connectivity index (χ0) is 19.1. The van der Waals surface area contributed by atoms with Gasteiger partial charge in [0, 0.05) is 6.07 Å². The fourth-order valence-electron chi connectivity index (χ4n) is 2.11. The molecule has 1 atom stereocenters. The number of carbonyl (C=O) groups is 2. The lowest BCUT2D eigenvalue weighted by Gasteiger charge is -2.14. The third-order valence-corrected chi connectivity index (χ3v) is 3.41. The zero-order valence-corrected chi connectivity index (χ0v) is 14.3. The number of hydrogen-bond donors (Lipinski definition) is 1. The summed E-state index contributed by atoms with van der Waals surface area (Å²) in [5.74, 6) is -0.733. The van der Waals surface area contributed by atoms with E-state index in [0.717, 1.165) is 0 Å². The van der Waals surface area contributed by atoms with Gasteiger partial charge in [0.1, 0.15) is 11.4 Å². The van der Waals surface area contributed by atoms with Gasteiger partial charge in [-0.05, 0) is 44.2 Å². The molecule has 8 heteroatoms. The average molecular weight is 358 g/mol. The molecule has 136 valence electrons. The normalized spacial score (nSPS) is 11.3. The second-order valence-electron chi connectivity index (χ2n) is 5.27. The van der Waals surface area contributed by atoms with Crippen molar-refractivity contribution in [3.63, 3.8) is 0 Å². The number of esters is 1. The van der Waals surface area contributed by atoms with E-state index in [4.69, 9.17) is 9.47 Å². The first-order chi connectivity index (χ1) is 12.4. The molecule has 0 saturated carbocycles. The highest BCUT2D eigenvalue weighted by Crippen LogP contribution is 2.23. The summed E-state index contributed by atoms with van der Waals surface area (Å²) >= 11 is 0. The number of nitro groups is 1. The molecule has 8 nitrogen and oxygen atoms in total. The van der Waals surface area contributed by atoms with Gasteiger partial charge in [-0.1, -0.05) is 12.1 Å². The summed E-state index contributed by atoms with van der Waals surface area (Å²) in [7, 11) is 0. The summed E-state index contributed by atoms with van der Waals surface area (Å²) in [6.07, 6.45) is -1.13. The van der Waals surface area contributed by atoms with E-state index >= 15 is 0 Å². The summed E-state index contributed by atoms with van der Waals surface area (Å²) in [5, 5.41) is 13.4. The molecule has 1 amide bonds. The maximum atomic E-state index is 12.2. The molecule has 2 aromatic rings. The van der Waals surface area contributed by atoms with Gasteiger partial charge in [0.05, 0.1) is 17.1 Å². The standard InChI is InChI=1S/C18H18N2O6/c1-3-25-14-10-8-13(9-11-14)18(22)26-12(2)17(21)19-15-6-4-5-7-16(15)20(23)24/h4-12H,3H2,1-2H3,(H,19,21)/t12-/m1/s1. The van der Waals surface area contributed by atoms with Gasteiger partial charge in [-0.2, -0.15) is 0 Å². The molecule has 0 spiro atoms. The van der Waals surface area contributed by atoms with E-state index in [2.05, 4.69) is 5.32 Å². The Hall–Kier alpha value is -3.42. The Kier molecular flexibility index (Phi) is 6.26. The Morgan fingerprint density at radius 3 is 2.42 bits per heavy atom. The van der Waals surface area contributed by atoms with Crippen LogP contribution in [-0.4, -0.2) is 29.5 Å². The van der Waals surface area contributed by atoms with Crippen molar-refractivity contribution in [1.29, 1.82) is 0 Å². The van der Waals surface area contributed by atoms with E-state index in [9.17, 15) is 19.7 Å². The highest BCUT2D eigenvalue weighted by Gasteiger charge is 2.22. The van der Waals surface area contributed by atoms with Crippen LogP contribution >= 0.6 is 0 Å². The lowest BCUT2D eigenvalue weighted by molar-refractivity contribution is -0.383. The van der Waals surface area contributed by atoms with Crippen molar-refractivity contribution >= 4 is 23.3 Å². The quantitative estimate of drug-likeness (QED) is 0.463. The van der Waals surface area contributed by atoms with Crippen molar-refractivity contribution in [2.45, 2.75) is 20.0 Å². The Bertz CT molecular complexity index is 804. The van der Waals surface area contributed by atoms with Crippen molar-refractivity contribution in [2.24, 2.45) is 0 Å². The topological polar surface area (TPSA) is 108 Å². The summed E-state index contributed by atoms with van der Waals surface area (Å²) < 4.78 is 10.4. The highest BCUT2D eigenvalue weighted by atomic mass is 16.6. The minimum absolute atomic E-state index is 0.0338. The molecule has 1 N–H and O–H groups in total. The number of carbonyl (C=O) groups excluding carboxylic acids is 2. The average Bonchev–Trinajstić information content (AvgIpc) is 2.62. The maximum absolute atomic E-state index is 12.2. The van der Waals surface area contributed by atoms with Crippen LogP contribution in [0, 0.1) is 10.1 Å². The fraction of sp³-hybridized carbons (Fsp3) is 0.222. The van der Waals surface area contributed by atoms with Crippen LogP contribution in [0.5, 0.6) is 5.75 Å². The van der Waals surface area contributed by atoms with E-state index in [1.807, 2.05) is 6.92 Å². The number of amides is 1. The van der Waals surface area contributed by atoms with E-state index in [1.54, 1.807) is 18.2 Å². The molecule has 0 saturated heterocycles. The summed E-state index contributed by atoms with van der Waals surface area (Å²) in [5.41, 5.74) is 0.0520. The van der Waals surface area contributed by atoms with Gasteiger partial charge in [0.25, 0.3) is 11.6 Å². The predicted octanol–water partition coefficient (Wildman–Crippen LogP) is 3.18. The Morgan fingerprint density at radius 2 is 1.81 bits per heavy atom. The van der Waals surface area contributed by atoms with E-state index in [1.165, 1.54) is 37.3 Å². The molecule has 0 aromatic heterocycles. The van der Waals surface area contributed by atoms with Crippen LogP contribution in [0.4, 0.5) is 11.4 Å². The maximum Gasteiger partial charge on any atom is 0.338 e. The van der Waals surface area contributed by atoms with Crippen LogP contribution in [0.25, 0.3) is 0 Å². The summed E-state index contributed by atoms with van der Waals surface area (Å²) in [6, 6.07) is 12.0. The number of nitro benzene ring substituents is 1. The van der Waals surface area contributed by atoms with E-state index in [0.29, 0.717) is 12.4 Å². The van der Waals surface area contributed by atoms with Gasteiger partial charge in [0.15, 0.2) is 6.10 Å². The minimum Gasteiger partial charge on any atom is -0.494 e. The van der Waals surface area contributed by atoms with Gasteiger partial charge < -0.3 is 14.8 Å². The van der Waals surface area contributed by atoms with Crippen molar-refractivity contribution in [1.82, 2.24) is 0 Å². The molecule has 26 heavy (non-hydrogen) atoms. The van der Waals surface area contributed by atoms with Crippen molar-refractivity contribution in [2.75, 3.05) is 11.9 Å². The second-order valence-corrected chi connectivity index (χ2v) is 5.27. The van der Waals surface area contributed by atoms with Gasteiger partial charge in [0.2, 0.25) is 0 Å². The monoisotopic (exact) mass is 358 g/mol. The molecule has 0 fully saturated rings. The molecule has 2 aromatic carbocycles. The molecular weight excluding hydrogens is 340 g/mol. The third-order valence-electron chi connectivity index (χ3n) is 3.41. The molecule has 0 unspecified atom stereocenters. The van der Waals surface area contributed by atoms with Gasteiger partial charge >= 0.3 is 5.97 Å². The number of nitrogens with one attached hydrogen (secondary N) is 1. The Morgan fingerprint density at radius 1 is 1.15 bits per heavy atom. The largest absolute Gasteiger partial charge is 0.494 e. The van der Waals surface area contributed by atoms with Gasteiger partial charge in [-0.25, -0.2) is 4.79 Å². The van der Waals surface area contributed by atoms with Gasteiger partial charge in [-0.15, -0.1) is 0 Å². The lowest BCUT2D eigenvalue weighted by Crippen LogP contribution is -2.30. The minimum atomic E-state index is -1.13. The number of nitrogens with zero attached hydrogens (tertiary/aromatic N) is 1. The number of ether oxygens (including phenoxy) is 2. The lowest BCUT2D eigenvalue weighted by atomic mass is 10.2. The highest BCUT2D eigenvalue weighted by molar-refractivity contribution is 5.98. The predicted molar refractivity (Wildman–Crippen MR) is 94.2 cm³/mol. The molecule has 0 aliphatic rings. The van der Waals surface area contributed by atoms with Crippen LogP contribution in [0.15, 0.2) is 48.5 Å². The van der Waals surface area contributed by atoms with Crippen molar-refractivity contribution in [3.8, 4) is 5.75 Å². The van der Waals surface area contributed by atoms with Crippen LogP contribution in [0.2, 0.25) is 0 Å². The van der Waals surface area contributed by atoms with Crippen LogP contribution < -0.4 is 10.1 Å². The number of anilines is 1. The number of para-hydroxylation sites is 2. The smallest absolute Gasteiger partial charge is 0.338 e. The van der Waals surface area contributed by atoms with Crippen molar-refractivity contribution < 1.29 is 24.0 Å². The Labute approximate surface area is 149 Å². The number of hydrogen-bond acceptors (Lipinski definition) is 6. The molecule has 0 aliphatic heterocycles. The molecule has 0 bridgehead atoms. The number of rotatable bonds is 7.